The number of hydrogen-bond donors (Lipinski definition) is 1. The van der Waals surface area contributed by atoms with E-state index >= 15 is 0 Å². The van der Waals surface area contributed by atoms with Crippen LogP contribution in [0.2, 0.25) is 5.02 Å². The summed E-state index contributed by atoms with van der Waals surface area (Å²) in [7, 11) is 0. The Morgan fingerprint density at radius 3 is 2.94 bits per heavy atom. The van der Waals surface area contributed by atoms with Gasteiger partial charge in [0.05, 0.1) is 12.6 Å². The molecule has 1 aromatic carbocycles. The Morgan fingerprint density at radius 2 is 2.29 bits per heavy atom. The first-order valence-electron chi connectivity index (χ1n) is 5.96. The molecule has 0 spiro atoms. The highest BCUT2D eigenvalue weighted by Crippen LogP contribution is 2.29. The van der Waals surface area contributed by atoms with Crippen molar-refractivity contribution in [3.63, 3.8) is 0 Å². The number of benzene rings is 1. The smallest absolute Gasteiger partial charge is 0.191 e. The molecule has 0 bridgehead atoms. The zero-order valence-electron chi connectivity index (χ0n) is 10.3. The standard InChI is InChI=1S/C13H18ClN3/c1-3-6-17-12(8-16-13(17)15)11-5-4-10(14)7-9(11)2/h4-5,7,12H,3,6,8H2,1-2H3,(H2,15,16). The molecule has 4 heteroatoms. The average molecular weight is 252 g/mol. The van der Waals surface area contributed by atoms with Crippen LogP contribution in [-0.4, -0.2) is 23.9 Å². The van der Waals surface area contributed by atoms with E-state index in [0.717, 1.165) is 24.5 Å². The summed E-state index contributed by atoms with van der Waals surface area (Å²) in [5.74, 6) is 0.659. The molecule has 0 saturated heterocycles. The zero-order valence-corrected chi connectivity index (χ0v) is 11.0. The number of aryl methyl sites for hydroxylation is 1. The Kier molecular flexibility index (Phi) is 3.57. The summed E-state index contributed by atoms with van der Waals surface area (Å²) in [6.07, 6.45) is 1.07. The van der Waals surface area contributed by atoms with Crippen LogP contribution in [0.5, 0.6) is 0 Å². The summed E-state index contributed by atoms with van der Waals surface area (Å²) in [5, 5.41) is 0.778. The van der Waals surface area contributed by atoms with Crippen LogP contribution in [0, 0.1) is 6.92 Å². The third-order valence-electron chi connectivity index (χ3n) is 3.15. The maximum Gasteiger partial charge on any atom is 0.191 e. The van der Waals surface area contributed by atoms with Crippen molar-refractivity contribution in [3.8, 4) is 0 Å². The van der Waals surface area contributed by atoms with Crippen LogP contribution in [-0.2, 0) is 0 Å². The maximum atomic E-state index is 5.98. The van der Waals surface area contributed by atoms with Crippen LogP contribution in [0.4, 0.5) is 0 Å². The number of guanidine groups is 1. The monoisotopic (exact) mass is 251 g/mol. The number of nitrogens with two attached hydrogens (primary N) is 1. The van der Waals surface area contributed by atoms with Crippen LogP contribution in [0.1, 0.15) is 30.5 Å². The molecule has 0 aliphatic carbocycles. The van der Waals surface area contributed by atoms with Crippen molar-refractivity contribution in [2.45, 2.75) is 26.3 Å². The molecule has 1 atom stereocenters. The predicted octanol–water partition coefficient (Wildman–Crippen LogP) is 2.73. The topological polar surface area (TPSA) is 41.6 Å². The minimum atomic E-state index is 0.271. The van der Waals surface area contributed by atoms with E-state index in [2.05, 4.69) is 29.8 Å². The van der Waals surface area contributed by atoms with Crippen LogP contribution in [0.3, 0.4) is 0 Å². The summed E-state index contributed by atoms with van der Waals surface area (Å²) in [4.78, 5) is 6.52. The Labute approximate surface area is 107 Å². The first-order chi connectivity index (χ1) is 8.13. The summed E-state index contributed by atoms with van der Waals surface area (Å²) in [6, 6.07) is 6.28. The Balaban J connectivity index is 2.28. The van der Waals surface area contributed by atoms with E-state index in [4.69, 9.17) is 17.3 Å². The molecule has 0 fully saturated rings. The molecule has 1 aliphatic heterocycles. The second kappa shape index (κ2) is 4.96. The molecule has 1 heterocycles. The average Bonchev–Trinajstić information content (AvgIpc) is 2.62. The van der Waals surface area contributed by atoms with Gasteiger partial charge in [-0.3, -0.25) is 4.99 Å². The zero-order chi connectivity index (χ0) is 12.4. The summed E-state index contributed by atoms with van der Waals surface area (Å²) >= 11 is 5.98. The van der Waals surface area contributed by atoms with Gasteiger partial charge < -0.3 is 10.6 Å². The molecule has 2 rings (SSSR count). The van der Waals surface area contributed by atoms with Crippen LogP contribution in [0.15, 0.2) is 23.2 Å². The van der Waals surface area contributed by atoms with Gasteiger partial charge in [0.15, 0.2) is 5.96 Å². The van der Waals surface area contributed by atoms with E-state index < -0.39 is 0 Å². The van der Waals surface area contributed by atoms with Gasteiger partial charge >= 0.3 is 0 Å². The van der Waals surface area contributed by atoms with Crippen LogP contribution >= 0.6 is 11.6 Å². The normalized spacial score (nSPS) is 19.6. The third-order valence-corrected chi connectivity index (χ3v) is 3.39. The molecule has 0 amide bonds. The molecule has 1 aliphatic rings. The molecule has 0 saturated carbocycles. The van der Waals surface area contributed by atoms with Crippen molar-refractivity contribution in [1.29, 1.82) is 0 Å². The number of hydrogen-bond acceptors (Lipinski definition) is 3. The van der Waals surface area contributed by atoms with Crippen molar-refractivity contribution in [2.24, 2.45) is 10.7 Å². The van der Waals surface area contributed by atoms with Crippen LogP contribution < -0.4 is 5.73 Å². The molecule has 3 nitrogen and oxygen atoms in total. The molecule has 92 valence electrons. The first kappa shape index (κ1) is 12.2. The second-order valence-electron chi connectivity index (χ2n) is 4.41. The lowest BCUT2D eigenvalue weighted by Crippen LogP contribution is -2.36. The molecular weight excluding hydrogens is 234 g/mol. The van der Waals surface area contributed by atoms with E-state index in [1.807, 2.05) is 12.1 Å². The number of rotatable bonds is 3. The van der Waals surface area contributed by atoms with Crippen molar-refractivity contribution in [2.75, 3.05) is 13.1 Å². The van der Waals surface area contributed by atoms with Gasteiger partial charge in [0.1, 0.15) is 0 Å². The van der Waals surface area contributed by atoms with Crippen LogP contribution in [0.25, 0.3) is 0 Å². The second-order valence-corrected chi connectivity index (χ2v) is 4.85. The molecule has 0 aromatic heterocycles. The first-order valence-corrected chi connectivity index (χ1v) is 6.34. The van der Waals surface area contributed by atoms with Gasteiger partial charge in [-0.15, -0.1) is 0 Å². The van der Waals surface area contributed by atoms with Gasteiger partial charge in [-0.2, -0.15) is 0 Å². The number of halogens is 1. The Bertz CT molecular complexity index is 442. The molecular formula is C13H18ClN3. The predicted molar refractivity (Wildman–Crippen MR) is 72.4 cm³/mol. The highest BCUT2D eigenvalue weighted by atomic mass is 35.5. The summed E-state index contributed by atoms with van der Waals surface area (Å²) < 4.78 is 0. The lowest BCUT2D eigenvalue weighted by molar-refractivity contribution is 0.346. The van der Waals surface area contributed by atoms with Gasteiger partial charge in [0, 0.05) is 11.6 Å². The lowest BCUT2D eigenvalue weighted by atomic mass is 10.0. The van der Waals surface area contributed by atoms with E-state index in [1.54, 1.807) is 0 Å². The highest BCUT2D eigenvalue weighted by molar-refractivity contribution is 6.30. The third kappa shape index (κ3) is 2.39. The van der Waals surface area contributed by atoms with Gasteiger partial charge in [-0.1, -0.05) is 24.6 Å². The van der Waals surface area contributed by atoms with Crippen molar-refractivity contribution >= 4 is 17.6 Å². The fourth-order valence-electron chi connectivity index (χ4n) is 2.32. The van der Waals surface area contributed by atoms with Gasteiger partial charge in [-0.05, 0) is 36.6 Å². The minimum absolute atomic E-state index is 0.271. The minimum Gasteiger partial charge on any atom is -0.370 e. The van der Waals surface area contributed by atoms with Crippen molar-refractivity contribution in [3.05, 3.63) is 34.3 Å². The molecule has 1 unspecified atom stereocenters. The van der Waals surface area contributed by atoms with Gasteiger partial charge in [0.2, 0.25) is 0 Å². The highest BCUT2D eigenvalue weighted by Gasteiger charge is 2.27. The van der Waals surface area contributed by atoms with E-state index in [-0.39, 0.29) is 6.04 Å². The fraction of sp³-hybridized carbons (Fsp3) is 0.462. The number of aliphatic imine (C=N–C) groups is 1. The number of nitrogens with zero attached hydrogens (tertiary/aromatic N) is 2. The van der Waals surface area contributed by atoms with E-state index in [1.165, 1.54) is 11.1 Å². The van der Waals surface area contributed by atoms with Crippen molar-refractivity contribution < 1.29 is 0 Å². The van der Waals surface area contributed by atoms with Gasteiger partial charge in [0.25, 0.3) is 0 Å². The SMILES string of the molecule is CCCN1C(N)=NCC1c1ccc(Cl)cc1C. The summed E-state index contributed by atoms with van der Waals surface area (Å²) in [6.45, 7) is 5.92. The quantitative estimate of drug-likeness (QED) is 0.898. The fourth-order valence-corrected chi connectivity index (χ4v) is 2.55. The molecule has 2 N–H and O–H groups in total. The maximum absolute atomic E-state index is 5.98. The van der Waals surface area contributed by atoms with E-state index in [9.17, 15) is 0 Å². The van der Waals surface area contributed by atoms with Crippen molar-refractivity contribution in [1.82, 2.24) is 4.90 Å². The lowest BCUT2D eigenvalue weighted by Gasteiger charge is -2.27. The van der Waals surface area contributed by atoms with E-state index in [0.29, 0.717) is 5.96 Å². The summed E-state index contributed by atoms with van der Waals surface area (Å²) in [5.41, 5.74) is 8.40. The molecule has 0 radical (unpaired) electrons. The largest absolute Gasteiger partial charge is 0.370 e. The van der Waals surface area contributed by atoms with Gasteiger partial charge in [-0.25, -0.2) is 0 Å². The Hall–Kier alpha value is -1.22. The molecule has 1 aromatic rings. The molecule has 17 heavy (non-hydrogen) atoms. The Morgan fingerprint density at radius 1 is 1.53 bits per heavy atom.